The lowest BCUT2D eigenvalue weighted by Crippen LogP contribution is -2.65. The lowest BCUT2D eigenvalue weighted by molar-refractivity contribution is -0.359. The molecule has 2 rings (SSSR count). The van der Waals surface area contributed by atoms with Gasteiger partial charge in [0, 0.05) is 6.42 Å². The van der Waals surface area contributed by atoms with Crippen LogP contribution in [0.15, 0.2) is 97.2 Å². The lowest BCUT2D eigenvalue weighted by atomic mass is 9.97. The van der Waals surface area contributed by atoms with Crippen molar-refractivity contribution < 1.29 is 64.6 Å². The Morgan fingerprint density at radius 3 is 1.37 bits per heavy atom. The Balaban J connectivity index is 1.76. The first kappa shape index (κ1) is 72.0. The molecule has 454 valence electrons. The Kier molecular flexibility index (Phi) is 45.1. The highest BCUT2D eigenvalue weighted by Gasteiger charge is 2.51. The topological polar surface area (TPSA) is 228 Å². The van der Waals surface area contributed by atoms with Crippen LogP contribution >= 0.6 is 0 Å². The van der Waals surface area contributed by atoms with Crippen LogP contribution in [0.25, 0.3) is 0 Å². The predicted molar refractivity (Wildman–Crippen MR) is 318 cm³/mol. The first-order valence-corrected chi connectivity index (χ1v) is 31.0. The lowest BCUT2D eigenvalue weighted by Gasteiger charge is -2.46. The summed E-state index contributed by atoms with van der Waals surface area (Å²) in [7, 11) is 0. The summed E-state index contributed by atoms with van der Waals surface area (Å²) < 4.78 is 22.7. The van der Waals surface area contributed by atoms with Gasteiger partial charge in [-0.1, -0.05) is 233 Å². The average molecular weight is 1110 g/mol. The molecule has 12 unspecified atom stereocenters. The van der Waals surface area contributed by atoms with Crippen molar-refractivity contribution in [3.63, 3.8) is 0 Å². The number of carbonyl (C=O) groups is 1. The van der Waals surface area contributed by atoms with Gasteiger partial charge in [-0.25, -0.2) is 0 Å². The minimum atomic E-state index is -1.81. The molecule has 0 radical (unpaired) electrons. The number of hydrogen-bond donors (Lipinski definition) is 9. The maximum atomic E-state index is 13.2. The van der Waals surface area contributed by atoms with E-state index in [0.717, 1.165) is 51.4 Å². The molecule has 2 fully saturated rings. The maximum Gasteiger partial charge on any atom is 0.224 e. The molecule has 12 atom stereocenters. The molecule has 0 saturated carbocycles. The zero-order chi connectivity index (χ0) is 57.4. The van der Waals surface area contributed by atoms with Gasteiger partial charge in [0.25, 0.3) is 0 Å². The molecular weight excluding hydrogens is 1000 g/mol. The molecule has 2 saturated heterocycles. The summed E-state index contributed by atoms with van der Waals surface area (Å²) in [6, 6.07) is -0.999. The molecule has 0 aromatic rings. The number of rotatable bonds is 48. The maximum absolute atomic E-state index is 13.2. The van der Waals surface area contributed by atoms with Gasteiger partial charge in [-0.05, 0) is 70.6 Å². The van der Waals surface area contributed by atoms with Crippen LogP contribution in [0, 0.1) is 0 Å². The van der Waals surface area contributed by atoms with E-state index in [2.05, 4.69) is 86.0 Å². The second-order valence-corrected chi connectivity index (χ2v) is 21.4. The number of allylic oxidation sites excluding steroid dienone is 14. The summed E-state index contributed by atoms with van der Waals surface area (Å²) in [6.07, 6.45) is 52.2. The van der Waals surface area contributed by atoms with Gasteiger partial charge in [0.15, 0.2) is 12.6 Å². The van der Waals surface area contributed by atoms with Crippen LogP contribution in [0.2, 0.25) is 0 Å². The highest BCUT2D eigenvalue weighted by molar-refractivity contribution is 5.77. The van der Waals surface area contributed by atoms with Crippen LogP contribution in [0.3, 0.4) is 0 Å². The van der Waals surface area contributed by atoms with Crippen molar-refractivity contribution in [2.75, 3.05) is 19.8 Å². The van der Waals surface area contributed by atoms with Crippen LogP contribution in [-0.2, 0) is 23.7 Å². The van der Waals surface area contributed by atoms with Crippen LogP contribution in [0.4, 0.5) is 0 Å². The third-order valence-corrected chi connectivity index (χ3v) is 14.5. The smallest absolute Gasteiger partial charge is 0.224 e. The molecule has 2 aliphatic rings. The van der Waals surface area contributed by atoms with Crippen molar-refractivity contribution in [2.24, 2.45) is 0 Å². The van der Waals surface area contributed by atoms with E-state index in [0.29, 0.717) is 12.8 Å². The van der Waals surface area contributed by atoms with E-state index in [-0.39, 0.29) is 18.9 Å². The fourth-order valence-electron chi connectivity index (χ4n) is 9.57. The minimum absolute atomic E-state index is 0.0326. The SMILES string of the molecule is CC/C=C\C/C=C\C/C=C\C/C=C\C/C=C\CC(=O)NC(COC1OC(CO)C(OC2OC(CO)C(O)C(O)C2O)C(O)C1O)C(O)/C=C/CC/C=C/CC/C=C/CCCCCCCCCCCCCCCCCCCCCC. The van der Waals surface area contributed by atoms with Crippen molar-refractivity contribution in [3.05, 3.63) is 97.2 Å². The Hall–Kier alpha value is -3.09. The van der Waals surface area contributed by atoms with Crippen molar-refractivity contribution in [1.29, 1.82) is 0 Å². The second-order valence-electron chi connectivity index (χ2n) is 21.4. The number of hydrogen-bond acceptors (Lipinski definition) is 13. The van der Waals surface area contributed by atoms with E-state index in [1.165, 1.54) is 128 Å². The normalized spacial score (nSPS) is 25.1. The summed E-state index contributed by atoms with van der Waals surface area (Å²) in [5.41, 5.74) is 0. The first-order valence-electron chi connectivity index (χ1n) is 31.0. The molecule has 2 heterocycles. The molecule has 2 aliphatic heterocycles. The number of unbranched alkanes of at least 4 members (excludes halogenated alkanes) is 22. The summed E-state index contributed by atoms with van der Waals surface area (Å²) in [5.74, 6) is -0.383. The fourth-order valence-corrected chi connectivity index (χ4v) is 9.57. The summed E-state index contributed by atoms with van der Waals surface area (Å²) in [4.78, 5) is 13.2. The van der Waals surface area contributed by atoms with E-state index >= 15 is 0 Å². The van der Waals surface area contributed by atoms with Gasteiger partial charge in [0.05, 0.1) is 32.0 Å². The van der Waals surface area contributed by atoms with Crippen LogP contribution in [0.5, 0.6) is 0 Å². The van der Waals surface area contributed by atoms with Crippen molar-refractivity contribution >= 4 is 5.91 Å². The van der Waals surface area contributed by atoms with Gasteiger partial charge in [-0.15, -0.1) is 0 Å². The average Bonchev–Trinajstić information content (AvgIpc) is 3.47. The van der Waals surface area contributed by atoms with Gasteiger partial charge < -0.3 is 65.1 Å². The van der Waals surface area contributed by atoms with Gasteiger partial charge in [0.2, 0.25) is 5.91 Å². The standard InChI is InChI=1S/C65H111NO13/c1-3-5-7-9-11-13-15-17-19-20-21-22-23-24-25-26-27-28-29-30-31-32-33-35-36-38-40-42-44-46-48-54(69)53(66-57(70)49-47-45-43-41-39-37-34-18-16-14-12-10-8-6-4-2)52-76-64-62(75)60(73)63(56(51-68)78-64)79-65-61(74)59(72)58(71)55(50-67)77-65/h6,8,12,14,18,32-34,38-41,45-48,53-56,58-65,67-69,71-75H,3-5,7,9-11,13,15-17,19-31,35-37,42-44,49-52H2,1-2H3,(H,66,70)/b8-6-,14-12-,33-32+,34-18-,40-38+,41-39-,47-45-,48-46+. The minimum Gasteiger partial charge on any atom is -0.394 e. The molecular formula is C65H111NO13. The Bertz CT molecular complexity index is 1690. The zero-order valence-corrected chi connectivity index (χ0v) is 48.8. The predicted octanol–water partition coefficient (Wildman–Crippen LogP) is 11.1. The quantitative estimate of drug-likeness (QED) is 0.0204. The van der Waals surface area contributed by atoms with E-state index < -0.39 is 86.8 Å². The molecule has 0 aliphatic carbocycles. The van der Waals surface area contributed by atoms with Gasteiger partial charge >= 0.3 is 0 Å². The Labute approximate surface area is 477 Å². The number of ether oxygens (including phenoxy) is 4. The first-order chi connectivity index (χ1) is 38.6. The number of carbonyl (C=O) groups excluding carboxylic acids is 1. The molecule has 14 nitrogen and oxygen atoms in total. The Morgan fingerprint density at radius 2 is 0.886 bits per heavy atom. The van der Waals surface area contributed by atoms with Crippen molar-refractivity contribution in [1.82, 2.24) is 5.32 Å². The molecule has 79 heavy (non-hydrogen) atoms. The molecule has 0 spiro atoms. The van der Waals surface area contributed by atoms with Crippen molar-refractivity contribution in [3.8, 4) is 0 Å². The second kappa shape index (κ2) is 49.5. The van der Waals surface area contributed by atoms with E-state index in [1.54, 1.807) is 12.2 Å². The fraction of sp³-hybridized carbons (Fsp3) is 0.738. The molecule has 1 amide bonds. The van der Waals surface area contributed by atoms with E-state index in [4.69, 9.17) is 18.9 Å². The number of amides is 1. The molecule has 0 bridgehead atoms. The number of aliphatic hydroxyl groups is 8. The summed E-state index contributed by atoms with van der Waals surface area (Å²) >= 11 is 0. The van der Waals surface area contributed by atoms with Gasteiger partial charge in [-0.2, -0.15) is 0 Å². The Morgan fingerprint density at radius 1 is 0.468 bits per heavy atom. The van der Waals surface area contributed by atoms with Crippen molar-refractivity contribution in [2.45, 2.75) is 286 Å². The van der Waals surface area contributed by atoms with E-state index in [1.807, 2.05) is 18.2 Å². The molecule has 0 aromatic carbocycles. The number of aliphatic hydroxyl groups excluding tert-OH is 8. The number of nitrogens with one attached hydrogen (secondary N) is 1. The van der Waals surface area contributed by atoms with Crippen LogP contribution in [-0.4, -0.2) is 140 Å². The molecule has 9 N–H and O–H groups in total. The van der Waals surface area contributed by atoms with E-state index in [9.17, 15) is 45.6 Å². The van der Waals surface area contributed by atoms with Gasteiger partial charge in [0.1, 0.15) is 48.8 Å². The zero-order valence-electron chi connectivity index (χ0n) is 48.8. The summed E-state index contributed by atoms with van der Waals surface area (Å²) in [6.45, 7) is 2.59. The highest BCUT2D eigenvalue weighted by Crippen LogP contribution is 2.30. The third-order valence-electron chi connectivity index (χ3n) is 14.5. The molecule has 14 heteroatoms. The molecule has 0 aromatic heterocycles. The van der Waals surface area contributed by atoms with Gasteiger partial charge in [-0.3, -0.25) is 4.79 Å². The largest absolute Gasteiger partial charge is 0.394 e. The highest BCUT2D eigenvalue weighted by atomic mass is 16.7. The van der Waals surface area contributed by atoms with Crippen LogP contribution in [0.1, 0.15) is 213 Å². The third kappa shape index (κ3) is 34.8. The monoisotopic (exact) mass is 1110 g/mol. The summed E-state index contributed by atoms with van der Waals surface area (Å²) in [5, 5.41) is 86.9. The van der Waals surface area contributed by atoms with Crippen LogP contribution < -0.4 is 5.32 Å².